The first kappa shape index (κ1) is 8.70. The second kappa shape index (κ2) is 3.88. The highest BCUT2D eigenvalue weighted by molar-refractivity contribution is 5.05. The number of hydrogen-bond donors (Lipinski definition) is 1. The monoisotopic (exact) mass is 176 g/mol. The van der Waals surface area contributed by atoms with Crippen LogP contribution in [0.25, 0.3) is 0 Å². The van der Waals surface area contributed by atoms with Crippen molar-refractivity contribution in [1.29, 1.82) is 0 Å². The van der Waals surface area contributed by atoms with Crippen LogP contribution in [0.4, 0.5) is 0 Å². The fourth-order valence-electron chi connectivity index (χ4n) is 1.80. The quantitative estimate of drug-likeness (QED) is 0.762. The number of nitrogens with zero attached hydrogens (tertiary/aromatic N) is 1. The molecule has 0 spiro atoms. The van der Waals surface area contributed by atoms with Crippen molar-refractivity contribution in [3.63, 3.8) is 0 Å². The van der Waals surface area contributed by atoms with E-state index in [-0.39, 0.29) is 0 Å². The highest BCUT2D eigenvalue weighted by Gasteiger charge is 2.24. The summed E-state index contributed by atoms with van der Waals surface area (Å²) < 4.78 is 0. The van der Waals surface area contributed by atoms with Gasteiger partial charge in [0.15, 0.2) is 0 Å². The van der Waals surface area contributed by atoms with Crippen LogP contribution in [0.3, 0.4) is 0 Å². The van der Waals surface area contributed by atoms with Crippen LogP contribution in [-0.2, 0) is 6.42 Å². The van der Waals surface area contributed by atoms with Gasteiger partial charge in [0, 0.05) is 24.4 Å². The molecule has 0 aliphatic heterocycles. The molecule has 1 aromatic heterocycles. The van der Waals surface area contributed by atoms with Gasteiger partial charge in [0.25, 0.3) is 0 Å². The molecule has 70 valence electrons. The third kappa shape index (κ3) is 2.07. The molecule has 1 aromatic rings. The minimum atomic E-state index is 0.323. The van der Waals surface area contributed by atoms with Crippen LogP contribution in [0.5, 0.6) is 0 Å². The molecule has 1 fully saturated rings. The molecule has 0 amide bonds. The lowest BCUT2D eigenvalue weighted by Crippen LogP contribution is -2.36. The van der Waals surface area contributed by atoms with Gasteiger partial charge in [0.1, 0.15) is 0 Å². The highest BCUT2D eigenvalue weighted by Crippen LogP contribution is 2.29. The normalized spacial score (nSPS) is 19.5. The maximum absolute atomic E-state index is 6.07. The summed E-state index contributed by atoms with van der Waals surface area (Å²) in [6.07, 6.45) is 6.76. The van der Waals surface area contributed by atoms with Crippen molar-refractivity contribution in [2.45, 2.75) is 31.7 Å². The van der Waals surface area contributed by atoms with Gasteiger partial charge in [-0.3, -0.25) is 4.98 Å². The van der Waals surface area contributed by atoms with E-state index in [2.05, 4.69) is 11.1 Å². The van der Waals surface area contributed by atoms with E-state index < -0.39 is 0 Å². The third-order valence-corrected chi connectivity index (χ3v) is 2.93. The minimum Gasteiger partial charge on any atom is -0.327 e. The van der Waals surface area contributed by atoms with E-state index in [1.165, 1.54) is 19.3 Å². The Labute approximate surface area is 79.2 Å². The van der Waals surface area contributed by atoms with Gasteiger partial charge in [-0.1, -0.05) is 12.5 Å². The first-order valence-corrected chi connectivity index (χ1v) is 5.02. The predicted octanol–water partition coefficient (Wildman–Crippen LogP) is 1.75. The van der Waals surface area contributed by atoms with E-state index in [0.29, 0.717) is 6.04 Å². The summed E-state index contributed by atoms with van der Waals surface area (Å²) in [7, 11) is 0. The number of aromatic nitrogens is 1. The van der Waals surface area contributed by atoms with Crippen LogP contribution in [0.15, 0.2) is 24.4 Å². The molecule has 1 aliphatic carbocycles. The molecule has 1 unspecified atom stereocenters. The Balaban J connectivity index is 1.90. The molecular formula is C11H16N2. The number of rotatable bonds is 3. The smallest absolute Gasteiger partial charge is 0.0419 e. The first-order chi connectivity index (χ1) is 6.36. The lowest BCUT2D eigenvalue weighted by molar-refractivity contribution is 0.259. The molecule has 0 bridgehead atoms. The largest absolute Gasteiger partial charge is 0.327 e. The fourth-order valence-corrected chi connectivity index (χ4v) is 1.80. The average molecular weight is 176 g/mol. The second-order valence-electron chi connectivity index (χ2n) is 3.88. The first-order valence-electron chi connectivity index (χ1n) is 5.02. The molecular weight excluding hydrogens is 160 g/mol. The molecule has 0 aromatic carbocycles. The van der Waals surface area contributed by atoms with Gasteiger partial charge >= 0.3 is 0 Å². The van der Waals surface area contributed by atoms with Gasteiger partial charge in [-0.25, -0.2) is 0 Å². The Hall–Kier alpha value is -0.890. The summed E-state index contributed by atoms with van der Waals surface area (Å²) in [5.74, 6) is 0.752. The van der Waals surface area contributed by atoms with Gasteiger partial charge in [-0.05, 0) is 30.9 Å². The lowest BCUT2D eigenvalue weighted by atomic mass is 9.78. The molecule has 1 heterocycles. The van der Waals surface area contributed by atoms with Crippen molar-refractivity contribution in [3.8, 4) is 0 Å². The average Bonchev–Trinajstić information content (AvgIpc) is 2.02. The topological polar surface area (TPSA) is 38.9 Å². The second-order valence-corrected chi connectivity index (χ2v) is 3.88. The van der Waals surface area contributed by atoms with Gasteiger partial charge < -0.3 is 5.73 Å². The molecule has 2 heteroatoms. The van der Waals surface area contributed by atoms with Crippen molar-refractivity contribution in [3.05, 3.63) is 30.1 Å². The van der Waals surface area contributed by atoms with Crippen molar-refractivity contribution in [2.24, 2.45) is 11.7 Å². The van der Waals surface area contributed by atoms with Crippen molar-refractivity contribution >= 4 is 0 Å². The zero-order valence-electron chi connectivity index (χ0n) is 7.82. The molecule has 1 saturated carbocycles. The standard InChI is InChI=1S/C11H16N2/c12-11(9-4-3-5-9)8-10-6-1-2-7-13-10/h1-2,6-7,9,11H,3-5,8,12H2. The zero-order chi connectivity index (χ0) is 9.10. The van der Waals surface area contributed by atoms with Crippen LogP contribution in [0, 0.1) is 5.92 Å². The van der Waals surface area contributed by atoms with Crippen LogP contribution in [0.2, 0.25) is 0 Å². The summed E-state index contributed by atoms with van der Waals surface area (Å²) in [4.78, 5) is 4.28. The SMILES string of the molecule is NC(Cc1ccccn1)C1CCC1. The number of nitrogens with two attached hydrogens (primary N) is 1. The van der Waals surface area contributed by atoms with Crippen LogP contribution in [-0.4, -0.2) is 11.0 Å². The maximum Gasteiger partial charge on any atom is 0.0419 e. The van der Waals surface area contributed by atoms with E-state index in [9.17, 15) is 0 Å². The Bertz CT molecular complexity index is 254. The molecule has 1 aliphatic rings. The van der Waals surface area contributed by atoms with Crippen molar-refractivity contribution in [1.82, 2.24) is 4.98 Å². The van der Waals surface area contributed by atoms with E-state index in [1.54, 1.807) is 0 Å². The van der Waals surface area contributed by atoms with Crippen molar-refractivity contribution < 1.29 is 0 Å². The Morgan fingerprint density at radius 1 is 1.46 bits per heavy atom. The Morgan fingerprint density at radius 2 is 2.31 bits per heavy atom. The van der Waals surface area contributed by atoms with Crippen LogP contribution < -0.4 is 5.73 Å². The minimum absolute atomic E-state index is 0.323. The van der Waals surface area contributed by atoms with E-state index in [0.717, 1.165) is 18.0 Å². The summed E-state index contributed by atoms with van der Waals surface area (Å²) in [6.45, 7) is 0. The fraction of sp³-hybridized carbons (Fsp3) is 0.545. The highest BCUT2D eigenvalue weighted by atomic mass is 14.7. The summed E-state index contributed by atoms with van der Waals surface area (Å²) >= 11 is 0. The molecule has 13 heavy (non-hydrogen) atoms. The molecule has 0 saturated heterocycles. The van der Waals surface area contributed by atoms with Crippen molar-refractivity contribution in [2.75, 3.05) is 0 Å². The molecule has 2 nitrogen and oxygen atoms in total. The summed E-state index contributed by atoms with van der Waals surface area (Å²) in [5, 5.41) is 0. The van der Waals surface area contributed by atoms with Crippen LogP contribution >= 0.6 is 0 Å². The lowest BCUT2D eigenvalue weighted by Gasteiger charge is -2.30. The zero-order valence-corrected chi connectivity index (χ0v) is 7.82. The van der Waals surface area contributed by atoms with Gasteiger partial charge in [-0.2, -0.15) is 0 Å². The van der Waals surface area contributed by atoms with Gasteiger partial charge in [0.05, 0.1) is 0 Å². The summed E-state index contributed by atoms with van der Waals surface area (Å²) in [5.41, 5.74) is 7.20. The Kier molecular flexibility index (Phi) is 2.60. The maximum atomic E-state index is 6.07. The summed E-state index contributed by atoms with van der Waals surface area (Å²) in [6, 6.07) is 6.34. The van der Waals surface area contributed by atoms with Gasteiger partial charge in [-0.15, -0.1) is 0 Å². The predicted molar refractivity (Wildman–Crippen MR) is 53.3 cm³/mol. The molecule has 1 atom stereocenters. The van der Waals surface area contributed by atoms with Crippen LogP contribution in [0.1, 0.15) is 25.0 Å². The molecule has 2 N–H and O–H groups in total. The third-order valence-electron chi connectivity index (χ3n) is 2.93. The number of pyridine rings is 1. The molecule has 2 rings (SSSR count). The van der Waals surface area contributed by atoms with Gasteiger partial charge in [0.2, 0.25) is 0 Å². The van der Waals surface area contributed by atoms with E-state index >= 15 is 0 Å². The Morgan fingerprint density at radius 3 is 2.85 bits per heavy atom. The van der Waals surface area contributed by atoms with E-state index in [1.807, 2.05) is 18.3 Å². The van der Waals surface area contributed by atoms with E-state index in [4.69, 9.17) is 5.73 Å². The molecule has 0 radical (unpaired) electrons. The number of hydrogen-bond acceptors (Lipinski definition) is 2.